The van der Waals surface area contributed by atoms with E-state index in [9.17, 15) is 19.8 Å². The number of ether oxygens (including phenoxy) is 6. The van der Waals surface area contributed by atoms with Crippen molar-refractivity contribution in [3.63, 3.8) is 0 Å². The van der Waals surface area contributed by atoms with Crippen LogP contribution in [0.2, 0.25) is 0 Å². The molecule has 0 aromatic heterocycles. The molecule has 4 aliphatic rings. The molecule has 0 amide bonds. The van der Waals surface area contributed by atoms with Crippen LogP contribution in [-0.2, 0) is 38.0 Å². The van der Waals surface area contributed by atoms with Gasteiger partial charge in [0, 0.05) is 12.8 Å². The van der Waals surface area contributed by atoms with Gasteiger partial charge < -0.3 is 38.6 Å². The first-order valence-electron chi connectivity index (χ1n) is 16.5. The van der Waals surface area contributed by atoms with E-state index >= 15 is 0 Å². The Morgan fingerprint density at radius 3 is 1.41 bits per heavy atom. The highest BCUT2D eigenvalue weighted by Gasteiger charge is 2.53. The van der Waals surface area contributed by atoms with Crippen LogP contribution < -0.4 is 0 Å². The van der Waals surface area contributed by atoms with E-state index in [1.54, 1.807) is 24.3 Å². The lowest BCUT2D eigenvalue weighted by Gasteiger charge is -2.46. The van der Waals surface area contributed by atoms with Crippen molar-refractivity contribution in [2.24, 2.45) is 11.8 Å². The first-order valence-corrected chi connectivity index (χ1v) is 16.5. The molecule has 0 spiro atoms. The second-order valence-corrected chi connectivity index (χ2v) is 13.2. The summed E-state index contributed by atoms with van der Waals surface area (Å²) in [6, 6.07) is 6.66. The lowest BCUT2D eigenvalue weighted by atomic mass is 9.77. The molecule has 4 fully saturated rings. The van der Waals surface area contributed by atoms with Gasteiger partial charge in [-0.05, 0) is 64.5 Å². The van der Waals surface area contributed by atoms with Crippen molar-refractivity contribution in [2.45, 2.75) is 127 Å². The SMILES string of the molecule is CC(C)O[C@]12CCCC[C@@H]1C(=O)[C@@H](C(O)c1ccc(C(O)[C@@H]3OCCO[C@]4(OC(C)C)CCCC[C@H]4C3=O)cc1)OCCO2. The molecule has 8 atom stereocenters. The first-order chi connectivity index (χ1) is 21.1. The normalized spacial score (nSPS) is 35.2. The van der Waals surface area contributed by atoms with E-state index in [1.807, 2.05) is 27.7 Å². The molecule has 246 valence electrons. The van der Waals surface area contributed by atoms with Crippen molar-refractivity contribution in [1.82, 2.24) is 0 Å². The first kappa shape index (κ1) is 33.6. The lowest BCUT2D eigenvalue weighted by molar-refractivity contribution is -0.300. The molecular formula is C34H50O10. The molecule has 2 saturated carbocycles. The molecule has 10 nitrogen and oxygen atoms in total. The largest absolute Gasteiger partial charge is 0.385 e. The number of aliphatic hydroxyl groups is 2. The topological polar surface area (TPSA) is 130 Å². The molecule has 1 aromatic carbocycles. The molecule has 2 N–H and O–H groups in total. The number of fused-ring (bicyclic) bond motifs is 2. The summed E-state index contributed by atoms with van der Waals surface area (Å²) in [4.78, 5) is 27.7. The number of rotatable bonds is 8. The van der Waals surface area contributed by atoms with Crippen LogP contribution in [0.4, 0.5) is 0 Å². The highest BCUT2D eigenvalue weighted by Crippen LogP contribution is 2.44. The Morgan fingerprint density at radius 2 is 1.05 bits per heavy atom. The molecule has 2 unspecified atom stereocenters. The number of aliphatic hydroxyl groups excluding tert-OH is 2. The van der Waals surface area contributed by atoms with Gasteiger partial charge in [0.2, 0.25) is 0 Å². The predicted octanol–water partition coefficient (Wildman–Crippen LogP) is 4.35. The van der Waals surface area contributed by atoms with E-state index in [2.05, 4.69) is 0 Å². The van der Waals surface area contributed by atoms with Gasteiger partial charge in [0.15, 0.2) is 23.1 Å². The van der Waals surface area contributed by atoms with E-state index in [0.717, 1.165) is 25.7 Å². The van der Waals surface area contributed by atoms with Crippen molar-refractivity contribution < 1.29 is 48.2 Å². The van der Waals surface area contributed by atoms with Crippen LogP contribution >= 0.6 is 0 Å². The molecule has 5 rings (SSSR count). The van der Waals surface area contributed by atoms with Crippen LogP contribution in [0.5, 0.6) is 0 Å². The third kappa shape index (κ3) is 6.98. The molecule has 0 radical (unpaired) electrons. The standard InChI is InChI=1S/C34H50O10/c1-21(2)43-33-15-7-5-9-25(33)29(37)31(39-17-19-41-33)27(35)23-11-13-24(14-12-23)28(36)32-30(38)26-10-6-8-16-34(26,44-22(3)4)42-20-18-40-32/h11-14,21-22,25-28,31-32,35-36H,5-10,15-20H2,1-4H3/t25-,26+,27?,28?,31-,32+,33-,34+. The summed E-state index contributed by atoms with van der Waals surface area (Å²) >= 11 is 0. The Labute approximate surface area is 260 Å². The van der Waals surface area contributed by atoms with Gasteiger partial charge in [-0.3, -0.25) is 9.59 Å². The fourth-order valence-corrected chi connectivity index (χ4v) is 7.51. The van der Waals surface area contributed by atoms with Crippen molar-refractivity contribution in [3.05, 3.63) is 35.4 Å². The van der Waals surface area contributed by atoms with Crippen LogP contribution in [0, 0.1) is 11.8 Å². The Morgan fingerprint density at radius 1 is 0.659 bits per heavy atom. The van der Waals surface area contributed by atoms with E-state index in [1.165, 1.54) is 0 Å². The van der Waals surface area contributed by atoms with Crippen LogP contribution in [0.1, 0.15) is 102 Å². The molecule has 44 heavy (non-hydrogen) atoms. The highest BCUT2D eigenvalue weighted by molar-refractivity contribution is 5.88. The smallest absolute Gasteiger partial charge is 0.178 e. The molecule has 2 aliphatic heterocycles. The van der Waals surface area contributed by atoms with Gasteiger partial charge in [-0.1, -0.05) is 37.1 Å². The average Bonchev–Trinajstić information content (AvgIpc) is 2.98. The second kappa shape index (κ2) is 14.3. The molecule has 2 heterocycles. The van der Waals surface area contributed by atoms with Crippen LogP contribution in [0.3, 0.4) is 0 Å². The molecule has 2 saturated heterocycles. The Bertz CT molecular complexity index is 1030. The number of Topliss-reactive ketones (excluding diaryl/α,β-unsaturated/α-hetero) is 2. The summed E-state index contributed by atoms with van der Waals surface area (Å²) in [7, 11) is 0. The van der Waals surface area contributed by atoms with Crippen LogP contribution in [0.15, 0.2) is 24.3 Å². The number of benzene rings is 1. The predicted molar refractivity (Wildman–Crippen MR) is 160 cm³/mol. The Kier molecular flexibility index (Phi) is 11.0. The van der Waals surface area contributed by atoms with Gasteiger partial charge in [-0.25, -0.2) is 0 Å². The third-order valence-electron chi connectivity index (χ3n) is 9.36. The van der Waals surface area contributed by atoms with Crippen LogP contribution in [-0.4, -0.2) is 84.2 Å². The zero-order valence-corrected chi connectivity index (χ0v) is 26.6. The van der Waals surface area contributed by atoms with E-state index < -0.39 is 47.8 Å². The molecule has 2 aliphatic carbocycles. The highest BCUT2D eigenvalue weighted by atomic mass is 16.7. The zero-order valence-electron chi connectivity index (χ0n) is 26.6. The zero-order chi connectivity index (χ0) is 31.5. The number of hydrogen-bond donors (Lipinski definition) is 2. The summed E-state index contributed by atoms with van der Waals surface area (Å²) < 4.78 is 36.5. The molecule has 1 aromatic rings. The minimum atomic E-state index is -1.22. The minimum absolute atomic E-state index is 0.121. The summed E-state index contributed by atoms with van der Waals surface area (Å²) in [6.07, 6.45) is 1.16. The van der Waals surface area contributed by atoms with Crippen molar-refractivity contribution in [2.75, 3.05) is 26.4 Å². The fraction of sp³-hybridized carbons (Fsp3) is 0.765. The maximum Gasteiger partial charge on any atom is 0.178 e. The van der Waals surface area contributed by atoms with Gasteiger partial charge in [-0.15, -0.1) is 0 Å². The maximum atomic E-state index is 13.9. The van der Waals surface area contributed by atoms with Gasteiger partial charge in [0.25, 0.3) is 0 Å². The minimum Gasteiger partial charge on any atom is -0.385 e. The van der Waals surface area contributed by atoms with E-state index in [-0.39, 0.29) is 50.2 Å². The van der Waals surface area contributed by atoms with Crippen molar-refractivity contribution in [1.29, 1.82) is 0 Å². The summed E-state index contributed by atoms with van der Waals surface area (Å²) in [5.74, 6) is -3.56. The monoisotopic (exact) mass is 618 g/mol. The average molecular weight is 619 g/mol. The quantitative estimate of drug-likeness (QED) is 0.434. The Hall–Kier alpha value is -1.76. The third-order valence-corrected chi connectivity index (χ3v) is 9.36. The summed E-state index contributed by atoms with van der Waals surface area (Å²) in [6.45, 7) is 8.53. The number of ketones is 2. The number of carbonyl (C=O) groups is 2. The fourth-order valence-electron chi connectivity index (χ4n) is 7.51. The van der Waals surface area contributed by atoms with Gasteiger partial charge in [0.05, 0.1) is 50.5 Å². The maximum absolute atomic E-state index is 13.9. The summed E-state index contributed by atoms with van der Waals surface area (Å²) in [5, 5.41) is 22.8. The Balaban J connectivity index is 1.33. The molecule has 10 heteroatoms. The second-order valence-electron chi connectivity index (χ2n) is 13.2. The van der Waals surface area contributed by atoms with Crippen molar-refractivity contribution in [3.8, 4) is 0 Å². The lowest BCUT2D eigenvalue weighted by Crippen LogP contribution is -2.56. The number of hydrogen-bond acceptors (Lipinski definition) is 10. The molecule has 0 bridgehead atoms. The van der Waals surface area contributed by atoms with E-state index in [4.69, 9.17) is 28.4 Å². The van der Waals surface area contributed by atoms with Crippen molar-refractivity contribution >= 4 is 11.6 Å². The van der Waals surface area contributed by atoms with Gasteiger partial charge in [-0.2, -0.15) is 0 Å². The number of carbonyl (C=O) groups excluding carboxylic acids is 2. The van der Waals surface area contributed by atoms with Crippen LogP contribution in [0.25, 0.3) is 0 Å². The van der Waals surface area contributed by atoms with E-state index in [0.29, 0.717) is 36.8 Å². The summed E-state index contributed by atoms with van der Waals surface area (Å²) in [5.41, 5.74) is 0.948. The van der Waals surface area contributed by atoms with Gasteiger partial charge >= 0.3 is 0 Å². The molecular weight excluding hydrogens is 568 g/mol. The van der Waals surface area contributed by atoms with Gasteiger partial charge in [0.1, 0.15) is 24.4 Å².